The first-order chi connectivity index (χ1) is 8.61. The minimum Gasteiger partial charge on any atom is -0.241 e. The van der Waals surface area contributed by atoms with Gasteiger partial charge in [-0.1, -0.05) is 6.07 Å². The van der Waals surface area contributed by atoms with Crippen molar-refractivity contribution < 1.29 is 8.78 Å². The zero-order valence-corrected chi connectivity index (χ0v) is 10.3. The van der Waals surface area contributed by atoms with Crippen LogP contribution in [-0.4, -0.2) is 4.98 Å². The smallest absolute Gasteiger partial charge is 0.134 e. The molecule has 2 aromatic rings. The summed E-state index contributed by atoms with van der Waals surface area (Å²) in [6.07, 6.45) is 1.18. The molecule has 1 aromatic heterocycles. The quantitative estimate of drug-likeness (QED) is 0.772. The van der Waals surface area contributed by atoms with E-state index in [-0.39, 0.29) is 11.1 Å². The lowest BCUT2D eigenvalue weighted by molar-refractivity contribution is 0.579. The van der Waals surface area contributed by atoms with Crippen molar-refractivity contribution >= 4 is 23.0 Å². The third-order valence-corrected chi connectivity index (χ3v) is 3.25. The first-order valence-corrected chi connectivity index (χ1v) is 5.98. The number of benzene rings is 1. The van der Waals surface area contributed by atoms with E-state index in [0.29, 0.717) is 5.01 Å². The minimum atomic E-state index is -0.698. The van der Waals surface area contributed by atoms with Crippen LogP contribution in [0, 0.1) is 29.9 Å². The number of nitrogens with zero attached hydrogens (tertiary/aromatic N) is 2. The van der Waals surface area contributed by atoms with Crippen LogP contribution in [0.25, 0.3) is 11.6 Å². The van der Waals surface area contributed by atoms with Crippen LogP contribution < -0.4 is 0 Å². The van der Waals surface area contributed by atoms with Gasteiger partial charge in [-0.2, -0.15) is 5.26 Å². The van der Waals surface area contributed by atoms with Gasteiger partial charge < -0.3 is 0 Å². The fourth-order valence-corrected chi connectivity index (χ4v) is 2.18. The molecule has 0 saturated heterocycles. The maximum Gasteiger partial charge on any atom is 0.134 e. The second-order valence-electron chi connectivity index (χ2n) is 3.60. The molecule has 0 radical (unpaired) electrons. The summed E-state index contributed by atoms with van der Waals surface area (Å²) in [5.74, 6) is -1.40. The highest BCUT2D eigenvalue weighted by molar-refractivity contribution is 7.11. The Balaban J connectivity index is 2.52. The number of rotatable bonds is 2. The molecular formula is C13H8F2N2S. The molecule has 18 heavy (non-hydrogen) atoms. The van der Waals surface area contributed by atoms with Crippen LogP contribution in [0.3, 0.4) is 0 Å². The number of allylic oxidation sites excluding steroid dienone is 1. The molecule has 5 heteroatoms. The van der Waals surface area contributed by atoms with Crippen molar-refractivity contribution in [3.63, 3.8) is 0 Å². The highest BCUT2D eigenvalue weighted by atomic mass is 32.1. The molecule has 0 fully saturated rings. The monoisotopic (exact) mass is 262 g/mol. The van der Waals surface area contributed by atoms with Crippen molar-refractivity contribution in [3.05, 3.63) is 51.5 Å². The van der Waals surface area contributed by atoms with E-state index in [0.717, 1.165) is 17.8 Å². The predicted octanol–water partition coefficient (Wildman–Crippen LogP) is 3.79. The van der Waals surface area contributed by atoms with Crippen LogP contribution in [0.4, 0.5) is 8.78 Å². The highest BCUT2D eigenvalue weighted by Gasteiger charge is 2.10. The molecule has 0 unspecified atom stereocenters. The lowest BCUT2D eigenvalue weighted by atomic mass is 10.1. The number of hydrogen-bond acceptors (Lipinski definition) is 3. The number of thiazole rings is 1. The summed E-state index contributed by atoms with van der Waals surface area (Å²) in [6.45, 7) is 1.79. The van der Waals surface area contributed by atoms with Crippen LogP contribution in [0.5, 0.6) is 0 Å². The molecule has 0 aliphatic rings. The Morgan fingerprint density at radius 2 is 2.06 bits per heavy atom. The van der Waals surface area contributed by atoms with Gasteiger partial charge in [0.05, 0.1) is 5.57 Å². The number of halogens is 2. The van der Waals surface area contributed by atoms with Gasteiger partial charge in [0, 0.05) is 16.6 Å². The Hall–Kier alpha value is -2.06. The van der Waals surface area contributed by atoms with Crippen molar-refractivity contribution in [2.75, 3.05) is 0 Å². The number of aromatic nitrogens is 1. The summed E-state index contributed by atoms with van der Waals surface area (Å²) in [6, 6.07) is 5.49. The van der Waals surface area contributed by atoms with E-state index < -0.39 is 11.6 Å². The average molecular weight is 262 g/mol. The van der Waals surface area contributed by atoms with Crippen LogP contribution in [-0.2, 0) is 0 Å². The third-order valence-electron chi connectivity index (χ3n) is 2.26. The molecule has 0 amide bonds. The van der Waals surface area contributed by atoms with Crippen molar-refractivity contribution in [1.82, 2.24) is 4.98 Å². The van der Waals surface area contributed by atoms with Gasteiger partial charge in [-0.05, 0) is 25.1 Å². The fraction of sp³-hybridized carbons (Fsp3) is 0.0769. The van der Waals surface area contributed by atoms with E-state index in [1.54, 1.807) is 12.3 Å². The van der Waals surface area contributed by atoms with Crippen molar-refractivity contribution in [2.24, 2.45) is 0 Å². The van der Waals surface area contributed by atoms with Crippen LogP contribution in [0.1, 0.15) is 16.3 Å². The molecule has 0 spiro atoms. The second-order valence-corrected chi connectivity index (χ2v) is 4.46. The molecule has 0 N–H and O–H groups in total. The maximum absolute atomic E-state index is 13.5. The highest BCUT2D eigenvalue weighted by Crippen LogP contribution is 2.23. The molecular weight excluding hydrogens is 254 g/mol. The van der Waals surface area contributed by atoms with Crippen molar-refractivity contribution in [2.45, 2.75) is 6.92 Å². The molecule has 1 heterocycles. The maximum atomic E-state index is 13.5. The van der Waals surface area contributed by atoms with Gasteiger partial charge in [-0.3, -0.25) is 0 Å². The molecule has 0 aliphatic carbocycles. The summed E-state index contributed by atoms with van der Waals surface area (Å²) in [5, 5.41) is 11.3. The van der Waals surface area contributed by atoms with Crippen LogP contribution >= 0.6 is 11.3 Å². The predicted molar refractivity (Wildman–Crippen MR) is 66.7 cm³/mol. The van der Waals surface area contributed by atoms with E-state index >= 15 is 0 Å². The summed E-state index contributed by atoms with van der Waals surface area (Å²) < 4.78 is 26.9. The fourth-order valence-electron chi connectivity index (χ4n) is 1.41. The van der Waals surface area contributed by atoms with Gasteiger partial charge in [-0.15, -0.1) is 11.3 Å². The topological polar surface area (TPSA) is 36.7 Å². The van der Waals surface area contributed by atoms with Crippen molar-refractivity contribution in [1.29, 1.82) is 5.26 Å². The minimum absolute atomic E-state index is 0.150. The zero-order chi connectivity index (χ0) is 13.1. The normalized spacial score (nSPS) is 11.3. The van der Waals surface area contributed by atoms with E-state index in [1.807, 2.05) is 6.07 Å². The van der Waals surface area contributed by atoms with Crippen molar-refractivity contribution in [3.8, 4) is 6.07 Å². The van der Waals surface area contributed by atoms with Crippen LogP contribution in [0.2, 0.25) is 0 Å². The van der Waals surface area contributed by atoms with E-state index in [4.69, 9.17) is 5.26 Å². The Morgan fingerprint density at radius 1 is 1.39 bits per heavy atom. The van der Waals surface area contributed by atoms with E-state index in [1.165, 1.54) is 23.5 Å². The SMILES string of the molecule is Cc1csc(/C(C#N)=C/c2c(F)cccc2F)n1. The lowest BCUT2D eigenvalue weighted by Gasteiger charge is -1.99. The first kappa shape index (κ1) is 12.4. The molecule has 0 aliphatic heterocycles. The standard InChI is InChI=1S/C13H8F2N2S/c1-8-7-18-13(17-8)9(6-16)5-10-11(14)3-2-4-12(10)15/h2-5,7H,1H3/b9-5+. The third kappa shape index (κ3) is 2.44. The zero-order valence-electron chi connectivity index (χ0n) is 9.45. The Morgan fingerprint density at radius 3 is 2.56 bits per heavy atom. The second kappa shape index (κ2) is 5.07. The van der Waals surface area contributed by atoms with Gasteiger partial charge in [0.2, 0.25) is 0 Å². The summed E-state index contributed by atoms with van der Waals surface area (Å²) >= 11 is 1.27. The summed E-state index contributed by atoms with van der Waals surface area (Å²) in [5.41, 5.74) is 0.698. The van der Waals surface area contributed by atoms with E-state index in [9.17, 15) is 8.78 Å². The Kier molecular flexibility index (Phi) is 3.49. The lowest BCUT2D eigenvalue weighted by Crippen LogP contribution is -1.89. The van der Waals surface area contributed by atoms with Crippen LogP contribution in [0.15, 0.2) is 23.6 Å². The number of aryl methyl sites for hydroxylation is 1. The molecule has 0 atom stereocenters. The average Bonchev–Trinajstić information content (AvgIpc) is 2.76. The Labute approximate surface area is 107 Å². The molecule has 2 nitrogen and oxygen atoms in total. The summed E-state index contributed by atoms with van der Waals surface area (Å²) in [4.78, 5) is 4.12. The van der Waals surface area contributed by atoms with Gasteiger partial charge in [0.15, 0.2) is 0 Å². The van der Waals surface area contributed by atoms with Gasteiger partial charge in [-0.25, -0.2) is 13.8 Å². The van der Waals surface area contributed by atoms with Gasteiger partial charge >= 0.3 is 0 Å². The number of hydrogen-bond donors (Lipinski definition) is 0. The first-order valence-electron chi connectivity index (χ1n) is 5.10. The largest absolute Gasteiger partial charge is 0.241 e. The van der Waals surface area contributed by atoms with Gasteiger partial charge in [0.1, 0.15) is 22.7 Å². The number of nitriles is 1. The molecule has 0 saturated carbocycles. The Bertz CT molecular complexity index is 633. The van der Waals surface area contributed by atoms with E-state index in [2.05, 4.69) is 4.98 Å². The molecule has 1 aromatic carbocycles. The summed E-state index contributed by atoms with van der Waals surface area (Å²) in [7, 11) is 0. The van der Waals surface area contributed by atoms with Gasteiger partial charge in [0.25, 0.3) is 0 Å². The molecule has 90 valence electrons. The molecule has 0 bridgehead atoms. The molecule has 2 rings (SSSR count).